The van der Waals surface area contributed by atoms with Crippen LogP contribution in [0.15, 0.2) is 0 Å². The molecule has 0 aromatic carbocycles. The zero-order valence-corrected chi connectivity index (χ0v) is 11.1. The van der Waals surface area contributed by atoms with Gasteiger partial charge in [0.25, 0.3) is 0 Å². The number of carboxylic acid groups (broad SMARTS) is 1. The van der Waals surface area contributed by atoms with Crippen molar-refractivity contribution in [2.45, 2.75) is 51.0 Å². The molecule has 0 amide bonds. The predicted molar refractivity (Wildman–Crippen MR) is 67.2 cm³/mol. The third-order valence-electron chi connectivity index (χ3n) is 3.71. The molecule has 0 aromatic rings. The van der Waals surface area contributed by atoms with Gasteiger partial charge in [-0.2, -0.15) is 0 Å². The lowest BCUT2D eigenvalue weighted by atomic mass is 9.90. The van der Waals surface area contributed by atoms with Crippen LogP contribution in [0.3, 0.4) is 0 Å². The summed E-state index contributed by atoms with van der Waals surface area (Å²) in [6.45, 7) is 4.64. The van der Waals surface area contributed by atoms with Crippen LogP contribution >= 0.6 is 0 Å². The number of hydrogen-bond acceptors (Lipinski definition) is 3. The van der Waals surface area contributed by atoms with Gasteiger partial charge in [-0.15, -0.1) is 0 Å². The van der Waals surface area contributed by atoms with E-state index in [1.165, 1.54) is 0 Å². The number of aliphatic carboxylic acids is 1. The highest BCUT2D eigenvalue weighted by molar-refractivity contribution is 5.79. The van der Waals surface area contributed by atoms with Crippen molar-refractivity contribution in [3.8, 4) is 0 Å². The summed E-state index contributed by atoms with van der Waals surface area (Å²) in [5, 5.41) is 9.50. The lowest BCUT2D eigenvalue weighted by Gasteiger charge is -2.34. The Kier molecular flexibility index (Phi) is 5.92. The smallest absolute Gasteiger partial charge is 0.324 e. The first kappa shape index (κ1) is 14.5. The number of carboxylic acids is 1. The normalized spacial score (nSPS) is 25.3. The molecule has 100 valence electrons. The molecule has 1 rings (SSSR count). The van der Waals surface area contributed by atoms with Crippen LogP contribution < -0.4 is 0 Å². The molecule has 1 atom stereocenters. The molecule has 4 heteroatoms. The summed E-state index contributed by atoms with van der Waals surface area (Å²) in [6, 6.07) is 0. The van der Waals surface area contributed by atoms with Crippen molar-refractivity contribution in [2.75, 3.05) is 26.8 Å². The van der Waals surface area contributed by atoms with E-state index in [9.17, 15) is 9.90 Å². The molecule has 0 spiro atoms. The van der Waals surface area contributed by atoms with Gasteiger partial charge in [-0.25, -0.2) is 0 Å². The third kappa shape index (κ3) is 3.42. The maximum absolute atomic E-state index is 11.5. The van der Waals surface area contributed by atoms with Gasteiger partial charge in [-0.05, 0) is 45.2 Å². The van der Waals surface area contributed by atoms with Crippen LogP contribution in [-0.2, 0) is 9.53 Å². The standard InChI is InChI=1S/C13H25NO3/c1-3-7-13(12(15)16)8-6-10-14(13)9-4-5-11-17-2/h3-11H2,1-2H3,(H,15,16). The fraction of sp³-hybridized carbons (Fsp3) is 0.923. The number of nitrogens with zero attached hydrogens (tertiary/aromatic N) is 1. The molecule has 1 aliphatic rings. The third-order valence-corrected chi connectivity index (χ3v) is 3.71. The molecule has 1 fully saturated rings. The Morgan fingerprint density at radius 2 is 2.24 bits per heavy atom. The molecule has 1 N–H and O–H groups in total. The Morgan fingerprint density at radius 1 is 1.47 bits per heavy atom. The minimum absolute atomic E-state index is 0.582. The van der Waals surface area contributed by atoms with Gasteiger partial charge in [0, 0.05) is 13.7 Å². The Bertz CT molecular complexity index is 245. The van der Waals surface area contributed by atoms with Crippen molar-refractivity contribution in [2.24, 2.45) is 0 Å². The van der Waals surface area contributed by atoms with E-state index < -0.39 is 11.5 Å². The first-order valence-corrected chi connectivity index (χ1v) is 6.64. The van der Waals surface area contributed by atoms with Gasteiger partial charge in [-0.1, -0.05) is 13.3 Å². The quantitative estimate of drug-likeness (QED) is 0.663. The second-order valence-electron chi connectivity index (χ2n) is 4.88. The van der Waals surface area contributed by atoms with Gasteiger partial charge in [0.15, 0.2) is 0 Å². The fourth-order valence-corrected chi connectivity index (χ4v) is 2.86. The van der Waals surface area contributed by atoms with Crippen molar-refractivity contribution in [3.05, 3.63) is 0 Å². The highest BCUT2D eigenvalue weighted by Gasteiger charge is 2.46. The zero-order chi connectivity index (χ0) is 12.7. The van der Waals surface area contributed by atoms with Crippen molar-refractivity contribution >= 4 is 5.97 Å². The van der Waals surface area contributed by atoms with Gasteiger partial charge < -0.3 is 9.84 Å². The predicted octanol–water partition coefficient (Wildman–Crippen LogP) is 2.13. The molecule has 4 nitrogen and oxygen atoms in total. The first-order chi connectivity index (χ1) is 8.17. The van der Waals surface area contributed by atoms with E-state index >= 15 is 0 Å². The van der Waals surface area contributed by atoms with Gasteiger partial charge in [-0.3, -0.25) is 9.69 Å². The number of rotatable bonds is 8. The molecule has 0 saturated carbocycles. The van der Waals surface area contributed by atoms with Gasteiger partial charge >= 0.3 is 5.97 Å². The van der Waals surface area contributed by atoms with Gasteiger partial charge in [0.1, 0.15) is 5.54 Å². The van der Waals surface area contributed by atoms with Crippen molar-refractivity contribution in [3.63, 3.8) is 0 Å². The van der Waals surface area contributed by atoms with E-state index in [0.29, 0.717) is 0 Å². The van der Waals surface area contributed by atoms with E-state index in [1.54, 1.807) is 7.11 Å². The highest BCUT2D eigenvalue weighted by Crippen LogP contribution is 2.34. The van der Waals surface area contributed by atoms with Crippen LogP contribution in [0, 0.1) is 0 Å². The minimum Gasteiger partial charge on any atom is -0.480 e. The van der Waals surface area contributed by atoms with E-state index in [1.807, 2.05) is 0 Å². The molecule has 1 unspecified atom stereocenters. The maximum atomic E-state index is 11.5. The van der Waals surface area contributed by atoms with Crippen LogP contribution in [-0.4, -0.2) is 48.3 Å². The lowest BCUT2D eigenvalue weighted by molar-refractivity contribution is -0.150. The fourth-order valence-electron chi connectivity index (χ4n) is 2.86. The average molecular weight is 243 g/mol. The second kappa shape index (κ2) is 6.97. The van der Waals surface area contributed by atoms with Crippen LogP contribution in [0.2, 0.25) is 0 Å². The number of carbonyl (C=O) groups is 1. The summed E-state index contributed by atoms with van der Waals surface area (Å²) >= 11 is 0. The number of likely N-dealkylation sites (tertiary alicyclic amines) is 1. The molecule has 0 bridgehead atoms. The molecule has 0 radical (unpaired) electrons. The van der Waals surface area contributed by atoms with Crippen molar-refractivity contribution < 1.29 is 14.6 Å². The van der Waals surface area contributed by atoms with Crippen LogP contribution in [0.5, 0.6) is 0 Å². The lowest BCUT2D eigenvalue weighted by Crippen LogP contribution is -2.50. The van der Waals surface area contributed by atoms with E-state index in [-0.39, 0.29) is 0 Å². The Balaban J connectivity index is 2.53. The first-order valence-electron chi connectivity index (χ1n) is 6.64. The molecule has 0 aliphatic carbocycles. The monoisotopic (exact) mass is 243 g/mol. The summed E-state index contributed by atoms with van der Waals surface area (Å²) < 4.78 is 5.02. The van der Waals surface area contributed by atoms with E-state index in [0.717, 1.165) is 58.2 Å². The maximum Gasteiger partial charge on any atom is 0.324 e. The molecule has 0 aromatic heterocycles. The summed E-state index contributed by atoms with van der Waals surface area (Å²) in [5.41, 5.74) is -0.582. The largest absolute Gasteiger partial charge is 0.480 e. The summed E-state index contributed by atoms with van der Waals surface area (Å²) in [5.74, 6) is -0.636. The average Bonchev–Trinajstić information content (AvgIpc) is 2.70. The molecular formula is C13H25NO3. The molecule has 1 aliphatic heterocycles. The Labute approximate surface area is 104 Å². The second-order valence-corrected chi connectivity index (χ2v) is 4.88. The summed E-state index contributed by atoms with van der Waals surface area (Å²) in [4.78, 5) is 13.7. The number of methoxy groups -OCH3 is 1. The Morgan fingerprint density at radius 3 is 2.82 bits per heavy atom. The van der Waals surface area contributed by atoms with Crippen LogP contribution in [0.1, 0.15) is 45.4 Å². The van der Waals surface area contributed by atoms with Crippen LogP contribution in [0.4, 0.5) is 0 Å². The minimum atomic E-state index is -0.636. The van der Waals surface area contributed by atoms with Gasteiger partial charge in [0.05, 0.1) is 0 Å². The van der Waals surface area contributed by atoms with Crippen molar-refractivity contribution in [1.82, 2.24) is 4.90 Å². The molecular weight excluding hydrogens is 218 g/mol. The topological polar surface area (TPSA) is 49.8 Å². The number of ether oxygens (including phenoxy) is 1. The van der Waals surface area contributed by atoms with Gasteiger partial charge in [0.2, 0.25) is 0 Å². The number of unbranched alkanes of at least 4 members (excludes halogenated alkanes) is 1. The number of hydrogen-bond donors (Lipinski definition) is 1. The molecule has 1 saturated heterocycles. The van der Waals surface area contributed by atoms with Crippen molar-refractivity contribution in [1.29, 1.82) is 0 Å². The molecule has 17 heavy (non-hydrogen) atoms. The molecule has 1 heterocycles. The Hall–Kier alpha value is -0.610. The summed E-state index contributed by atoms with van der Waals surface area (Å²) in [7, 11) is 1.70. The zero-order valence-electron chi connectivity index (χ0n) is 11.1. The SMILES string of the molecule is CCCC1(C(=O)O)CCCN1CCCCOC. The summed E-state index contributed by atoms with van der Waals surface area (Å²) in [6.07, 6.45) is 5.55. The van der Waals surface area contributed by atoms with E-state index in [2.05, 4.69) is 11.8 Å². The highest BCUT2D eigenvalue weighted by atomic mass is 16.5. The van der Waals surface area contributed by atoms with Crippen LogP contribution in [0.25, 0.3) is 0 Å². The van der Waals surface area contributed by atoms with E-state index in [4.69, 9.17) is 4.74 Å².